The van der Waals surface area contributed by atoms with Gasteiger partial charge < -0.3 is 23.4 Å². The minimum atomic E-state index is -1.31. The van der Waals surface area contributed by atoms with Crippen LogP contribution in [0.2, 0.25) is 0 Å². The minimum absolute atomic E-state index is 0.0356. The number of halogens is 1. The second-order valence-electron chi connectivity index (χ2n) is 8.84. The lowest BCUT2D eigenvalue weighted by molar-refractivity contribution is 0.0695. The largest absolute Gasteiger partial charge is 0.519 e. The van der Waals surface area contributed by atoms with E-state index in [1.807, 2.05) is 11.8 Å². The van der Waals surface area contributed by atoms with Gasteiger partial charge in [-0.25, -0.2) is 14.0 Å². The third kappa shape index (κ3) is 3.84. The van der Waals surface area contributed by atoms with Gasteiger partial charge in [-0.1, -0.05) is 0 Å². The number of anilines is 1. The van der Waals surface area contributed by atoms with E-state index in [1.165, 1.54) is 12.3 Å². The monoisotopic (exact) mass is 457 g/mol. The van der Waals surface area contributed by atoms with Gasteiger partial charge >= 0.3 is 11.8 Å². The van der Waals surface area contributed by atoms with Crippen LogP contribution >= 0.6 is 0 Å². The zero-order valence-corrected chi connectivity index (χ0v) is 18.3. The molecule has 174 valence electrons. The van der Waals surface area contributed by atoms with Gasteiger partial charge in [0.25, 0.3) is 0 Å². The van der Waals surface area contributed by atoms with Crippen molar-refractivity contribution in [2.24, 2.45) is 0 Å². The molecule has 1 aliphatic carbocycles. The zero-order valence-electron chi connectivity index (χ0n) is 18.3. The van der Waals surface area contributed by atoms with E-state index < -0.39 is 23.0 Å². The summed E-state index contributed by atoms with van der Waals surface area (Å²) in [5.41, 5.74) is -0.0772. The Kier molecular flexibility index (Phi) is 5.12. The average molecular weight is 457 g/mol. The summed E-state index contributed by atoms with van der Waals surface area (Å²) in [4.78, 5) is 39.6. The molecule has 0 radical (unpaired) electrons. The van der Waals surface area contributed by atoms with Gasteiger partial charge in [0.05, 0.1) is 17.7 Å². The molecule has 1 aliphatic heterocycles. The van der Waals surface area contributed by atoms with Crippen molar-refractivity contribution in [3.8, 4) is 0 Å². The lowest BCUT2D eigenvalue weighted by atomic mass is 10.1. The lowest BCUT2D eigenvalue weighted by Crippen LogP contribution is -2.51. The Labute approximate surface area is 187 Å². The first-order valence-corrected chi connectivity index (χ1v) is 10.9. The van der Waals surface area contributed by atoms with Crippen LogP contribution < -0.4 is 16.2 Å². The first kappa shape index (κ1) is 21.4. The van der Waals surface area contributed by atoms with Crippen molar-refractivity contribution < 1.29 is 23.1 Å². The number of aromatic carboxylic acids is 1. The Balaban J connectivity index is 1.46. The number of aromatic nitrogens is 1. The number of carbonyl (C=O) groups is 1. The number of nitrogens with zero attached hydrogens (tertiary/aromatic N) is 3. The zero-order chi connectivity index (χ0) is 23.4. The molecule has 1 atom stereocenters. The molecule has 1 N–H and O–H groups in total. The number of carboxylic acid groups (broad SMARTS) is 1. The van der Waals surface area contributed by atoms with Crippen LogP contribution in [0.5, 0.6) is 0 Å². The Morgan fingerprint density at radius 2 is 1.97 bits per heavy atom. The van der Waals surface area contributed by atoms with Crippen LogP contribution in [0.25, 0.3) is 10.9 Å². The Morgan fingerprint density at radius 1 is 1.21 bits per heavy atom. The molecule has 1 aromatic carbocycles. The van der Waals surface area contributed by atoms with E-state index in [-0.39, 0.29) is 23.0 Å². The number of benzene rings is 1. The Bertz CT molecular complexity index is 1370. The van der Waals surface area contributed by atoms with E-state index in [4.69, 9.17) is 8.83 Å². The molecule has 2 aromatic heterocycles. The molecule has 2 aliphatic rings. The summed E-state index contributed by atoms with van der Waals surface area (Å²) in [6.45, 7) is 5.80. The highest BCUT2D eigenvalue weighted by atomic mass is 19.1. The molecule has 33 heavy (non-hydrogen) atoms. The second-order valence-corrected chi connectivity index (χ2v) is 8.84. The van der Waals surface area contributed by atoms with E-state index in [2.05, 4.69) is 4.90 Å². The second kappa shape index (κ2) is 7.87. The van der Waals surface area contributed by atoms with Crippen LogP contribution in [0.1, 0.15) is 47.7 Å². The van der Waals surface area contributed by atoms with Gasteiger partial charge in [0.2, 0.25) is 5.43 Å². The first-order valence-electron chi connectivity index (χ1n) is 10.9. The minimum Gasteiger partial charge on any atom is -0.477 e. The number of carboxylic acids is 1. The van der Waals surface area contributed by atoms with E-state index in [9.17, 15) is 19.5 Å². The summed E-state index contributed by atoms with van der Waals surface area (Å²) in [5.74, 6) is -1.65. The molecule has 1 saturated heterocycles. The molecular formula is C23H24FN3O6. The van der Waals surface area contributed by atoms with Crippen LogP contribution in [-0.4, -0.2) is 46.2 Å². The SMILES string of the molecule is Cc1oc(=O)oc1CN1CCN(c2cc3c(cc2F)c(=O)c(C(=O)O)cn3C2CC2)CC1C. The number of aryl methyl sites for hydroxylation is 1. The maximum Gasteiger partial charge on any atom is 0.519 e. The molecule has 0 spiro atoms. The first-order chi connectivity index (χ1) is 15.7. The summed E-state index contributed by atoms with van der Waals surface area (Å²) < 4.78 is 27.0. The highest BCUT2D eigenvalue weighted by Crippen LogP contribution is 2.38. The summed E-state index contributed by atoms with van der Waals surface area (Å²) in [7, 11) is 0. The van der Waals surface area contributed by atoms with E-state index in [0.717, 1.165) is 12.8 Å². The molecule has 0 amide bonds. The summed E-state index contributed by atoms with van der Waals surface area (Å²) in [6.07, 6.45) is 3.17. The predicted molar refractivity (Wildman–Crippen MR) is 117 cm³/mol. The number of hydrogen-bond acceptors (Lipinski definition) is 7. The predicted octanol–water partition coefficient (Wildman–Crippen LogP) is 2.74. The van der Waals surface area contributed by atoms with Crippen molar-refractivity contribution in [3.63, 3.8) is 0 Å². The van der Waals surface area contributed by atoms with Crippen LogP contribution in [0.4, 0.5) is 10.1 Å². The molecule has 2 fully saturated rings. The number of fused-ring (bicyclic) bond motifs is 1. The van der Waals surface area contributed by atoms with Crippen LogP contribution in [0, 0.1) is 12.7 Å². The Morgan fingerprint density at radius 3 is 2.58 bits per heavy atom. The van der Waals surface area contributed by atoms with Gasteiger partial charge in [0.15, 0.2) is 5.76 Å². The Hall–Kier alpha value is -3.40. The molecular weight excluding hydrogens is 433 g/mol. The smallest absolute Gasteiger partial charge is 0.477 e. The normalized spacial score (nSPS) is 19.4. The van der Waals surface area contributed by atoms with E-state index in [0.29, 0.717) is 48.9 Å². The summed E-state index contributed by atoms with van der Waals surface area (Å²) >= 11 is 0. The van der Waals surface area contributed by atoms with Crippen molar-refractivity contribution in [2.45, 2.75) is 45.3 Å². The molecule has 1 unspecified atom stereocenters. The molecule has 3 heterocycles. The quantitative estimate of drug-likeness (QED) is 0.623. The number of hydrogen-bond donors (Lipinski definition) is 1. The number of rotatable bonds is 5. The lowest BCUT2D eigenvalue weighted by Gasteiger charge is -2.40. The highest BCUT2D eigenvalue weighted by molar-refractivity contribution is 5.93. The number of pyridine rings is 1. The average Bonchev–Trinajstić information content (AvgIpc) is 3.54. The molecule has 1 saturated carbocycles. The van der Waals surface area contributed by atoms with Crippen LogP contribution in [0.3, 0.4) is 0 Å². The fourth-order valence-electron chi connectivity index (χ4n) is 4.56. The molecule has 0 bridgehead atoms. The van der Waals surface area contributed by atoms with Crippen molar-refractivity contribution in [3.05, 3.63) is 62.1 Å². The van der Waals surface area contributed by atoms with Crippen molar-refractivity contribution in [1.29, 1.82) is 0 Å². The van der Waals surface area contributed by atoms with Crippen molar-refractivity contribution >= 4 is 22.6 Å². The standard InChI is InChI=1S/C23H24FN3O6/c1-12-9-26(6-5-25(12)11-20-13(2)32-23(31)33-20)19-8-18-15(7-17(19)24)21(28)16(22(29)30)10-27(18)14-3-4-14/h7-8,10,12,14H,3-6,9,11H2,1-2H3,(H,29,30). The fraction of sp³-hybridized carbons (Fsp3) is 0.435. The molecule has 9 nitrogen and oxygen atoms in total. The van der Waals surface area contributed by atoms with Crippen LogP contribution in [-0.2, 0) is 6.54 Å². The molecule has 3 aromatic rings. The fourth-order valence-corrected chi connectivity index (χ4v) is 4.56. The topological polar surface area (TPSA) is 109 Å². The molecule has 10 heteroatoms. The van der Waals surface area contributed by atoms with Gasteiger partial charge in [-0.05, 0) is 38.8 Å². The van der Waals surface area contributed by atoms with Gasteiger partial charge in [0, 0.05) is 43.3 Å². The van der Waals surface area contributed by atoms with E-state index >= 15 is 4.39 Å². The maximum absolute atomic E-state index is 15.2. The summed E-state index contributed by atoms with van der Waals surface area (Å²) in [6, 6.07) is 2.98. The number of piperazine rings is 1. The van der Waals surface area contributed by atoms with Gasteiger partial charge in [0.1, 0.15) is 17.1 Å². The van der Waals surface area contributed by atoms with Crippen molar-refractivity contribution in [2.75, 3.05) is 24.5 Å². The summed E-state index contributed by atoms with van der Waals surface area (Å²) in [5, 5.41) is 9.49. The van der Waals surface area contributed by atoms with E-state index in [1.54, 1.807) is 17.6 Å². The van der Waals surface area contributed by atoms with Gasteiger partial charge in [-0.3, -0.25) is 9.69 Å². The maximum atomic E-state index is 15.2. The third-order valence-electron chi connectivity index (χ3n) is 6.56. The molecule has 5 rings (SSSR count). The van der Waals surface area contributed by atoms with Gasteiger partial charge in [-0.2, -0.15) is 0 Å². The highest BCUT2D eigenvalue weighted by Gasteiger charge is 2.30. The van der Waals surface area contributed by atoms with Crippen LogP contribution in [0.15, 0.2) is 36.8 Å². The third-order valence-corrected chi connectivity index (χ3v) is 6.56. The van der Waals surface area contributed by atoms with Crippen molar-refractivity contribution in [1.82, 2.24) is 9.47 Å². The van der Waals surface area contributed by atoms with Gasteiger partial charge in [-0.15, -0.1) is 0 Å².